The summed E-state index contributed by atoms with van der Waals surface area (Å²) in [6, 6.07) is 1.54. The van der Waals surface area contributed by atoms with E-state index in [4.69, 9.17) is 5.11 Å². The maximum Gasteiger partial charge on any atom is 0.116 e. The summed E-state index contributed by atoms with van der Waals surface area (Å²) < 4.78 is 0. The zero-order valence-corrected chi connectivity index (χ0v) is 6.90. The normalized spacial score (nSPS) is 9.23. The molecule has 1 N–H and O–H groups in total. The van der Waals surface area contributed by atoms with Gasteiger partial charge in [-0.05, 0) is 11.2 Å². The van der Waals surface area contributed by atoms with Gasteiger partial charge in [0.15, 0.2) is 0 Å². The van der Waals surface area contributed by atoms with E-state index in [1.807, 2.05) is 0 Å². The standard InChI is InChI=1S/C9H8N2O2/c1-6(11-13)9-5-10-4-3-8(9)7(2)12/h3-5,12H,1-2H2. The van der Waals surface area contributed by atoms with Crippen molar-refractivity contribution in [1.82, 2.24) is 4.98 Å². The molecule has 0 atom stereocenters. The van der Waals surface area contributed by atoms with Crippen molar-refractivity contribution >= 4 is 11.5 Å². The van der Waals surface area contributed by atoms with Crippen LogP contribution in [0.1, 0.15) is 11.1 Å². The molecule has 1 aromatic rings. The van der Waals surface area contributed by atoms with E-state index in [9.17, 15) is 4.91 Å². The van der Waals surface area contributed by atoms with Crippen LogP contribution in [-0.2, 0) is 0 Å². The first-order chi connectivity index (χ1) is 6.16. The fourth-order valence-corrected chi connectivity index (χ4v) is 0.925. The molecule has 0 bridgehead atoms. The summed E-state index contributed by atoms with van der Waals surface area (Å²) in [5, 5.41) is 11.8. The second-order valence-corrected chi connectivity index (χ2v) is 2.41. The smallest absolute Gasteiger partial charge is 0.116 e. The van der Waals surface area contributed by atoms with Crippen LogP contribution in [-0.4, -0.2) is 10.1 Å². The number of nitroso groups, excluding NO2 is 1. The van der Waals surface area contributed by atoms with Crippen LogP contribution in [0.5, 0.6) is 0 Å². The van der Waals surface area contributed by atoms with Crippen LogP contribution >= 0.6 is 0 Å². The van der Waals surface area contributed by atoms with E-state index in [-0.39, 0.29) is 11.5 Å². The SMILES string of the molecule is C=C(O)c1ccncc1C(=C)N=O. The number of pyridine rings is 1. The Morgan fingerprint density at radius 2 is 2.15 bits per heavy atom. The molecule has 0 aliphatic carbocycles. The molecule has 0 aromatic carbocycles. The number of hydrogen-bond acceptors (Lipinski definition) is 4. The fraction of sp³-hybridized carbons (Fsp3) is 0. The van der Waals surface area contributed by atoms with Crippen molar-refractivity contribution in [3.05, 3.63) is 47.7 Å². The van der Waals surface area contributed by atoms with Gasteiger partial charge in [0.1, 0.15) is 11.5 Å². The van der Waals surface area contributed by atoms with Crippen LogP contribution < -0.4 is 0 Å². The molecular weight excluding hydrogens is 168 g/mol. The molecule has 66 valence electrons. The lowest BCUT2D eigenvalue weighted by molar-refractivity contribution is 0.513. The number of hydrogen-bond donors (Lipinski definition) is 1. The molecule has 0 radical (unpaired) electrons. The molecule has 13 heavy (non-hydrogen) atoms. The minimum atomic E-state index is -0.137. The summed E-state index contributed by atoms with van der Waals surface area (Å²) in [5.41, 5.74) is 0.836. The predicted octanol–water partition coefficient (Wildman–Crippen LogP) is 2.35. The van der Waals surface area contributed by atoms with Gasteiger partial charge in [0.25, 0.3) is 0 Å². The van der Waals surface area contributed by atoms with Crippen LogP contribution in [0.4, 0.5) is 0 Å². The summed E-state index contributed by atoms with van der Waals surface area (Å²) in [4.78, 5) is 14.0. The van der Waals surface area contributed by atoms with Gasteiger partial charge in [-0.25, -0.2) is 0 Å². The highest BCUT2D eigenvalue weighted by atomic mass is 16.3. The molecule has 0 amide bonds. The zero-order valence-electron chi connectivity index (χ0n) is 6.90. The van der Waals surface area contributed by atoms with Crippen molar-refractivity contribution in [2.45, 2.75) is 0 Å². The fourth-order valence-electron chi connectivity index (χ4n) is 0.925. The molecule has 4 nitrogen and oxygen atoms in total. The average Bonchev–Trinajstić information content (AvgIpc) is 2.16. The quantitative estimate of drug-likeness (QED) is 0.568. The molecule has 4 heteroatoms. The van der Waals surface area contributed by atoms with Gasteiger partial charge in [-0.1, -0.05) is 13.2 Å². The molecule has 1 aromatic heterocycles. The van der Waals surface area contributed by atoms with Gasteiger partial charge in [-0.3, -0.25) is 4.98 Å². The van der Waals surface area contributed by atoms with Crippen molar-refractivity contribution in [3.63, 3.8) is 0 Å². The molecule has 0 saturated carbocycles. The van der Waals surface area contributed by atoms with Gasteiger partial charge in [-0.15, -0.1) is 4.91 Å². The summed E-state index contributed by atoms with van der Waals surface area (Å²) in [6.45, 7) is 6.76. The highest BCUT2D eigenvalue weighted by molar-refractivity contribution is 5.73. The monoisotopic (exact) mass is 176 g/mol. The van der Waals surface area contributed by atoms with E-state index in [0.29, 0.717) is 11.1 Å². The van der Waals surface area contributed by atoms with Crippen molar-refractivity contribution in [2.75, 3.05) is 0 Å². The molecule has 0 fully saturated rings. The molecule has 0 aliphatic rings. The van der Waals surface area contributed by atoms with Gasteiger partial charge in [0, 0.05) is 23.5 Å². The third-order valence-corrected chi connectivity index (χ3v) is 1.55. The van der Waals surface area contributed by atoms with Gasteiger partial charge in [-0.2, -0.15) is 0 Å². The second kappa shape index (κ2) is 3.62. The minimum absolute atomic E-state index is 0.0262. The Bertz CT molecular complexity index is 372. The van der Waals surface area contributed by atoms with Crippen LogP contribution in [0.2, 0.25) is 0 Å². The lowest BCUT2D eigenvalue weighted by Crippen LogP contribution is -1.90. The Labute approximate surface area is 75.2 Å². The van der Waals surface area contributed by atoms with Gasteiger partial charge < -0.3 is 5.11 Å². The van der Waals surface area contributed by atoms with E-state index in [2.05, 4.69) is 23.3 Å². The zero-order chi connectivity index (χ0) is 9.84. The van der Waals surface area contributed by atoms with E-state index >= 15 is 0 Å². The predicted molar refractivity (Wildman–Crippen MR) is 50.7 cm³/mol. The third kappa shape index (κ3) is 1.79. The highest BCUT2D eigenvalue weighted by Crippen LogP contribution is 2.21. The van der Waals surface area contributed by atoms with Crippen molar-refractivity contribution < 1.29 is 5.11 Å². The molecule has 1 heterocycles. The molecule has 0 unspecified atom stereocenters. The van der Waals surface area contributed by atoms with Crippen LogP contribution in [0.25, 0.3) is 11.5 Å². The Hall–Kier alpha value is -1.97. The first-order valence-corrected chi connectivity index (χ1v) is 3.51. The van der Waals surface area contributed by atoms with E-state index < -0.39 is 0 Å². The number of aliphatic hydroxyl groups excluding tert-OH is 1. The lowest BCUT2D eigenvalue weighted by atomic mass is 10.1. The average molecular weight is 176 g/mol. The Morgan fingerprint density at radius 1 is 1.46 bits per heavy atom. The molecule has 1 rings (SSSR count). The number of rotatable bonds is 3. The van der Waals surface area contributed by atoms with Gasteiger partial charge in [0.05, 0.1) is 0 Å². The first-order valence-electron chi connectivity index (χ1n) is 3.51. The summed E-state index contributed by atoms with van der Waals surface area (Å²) >= 11 is 0. The van der Waals surface area contributed by atoms with Gasteiger partial charge in [0.2, 0.25) is 0 Å². The maximum atomic E-state index is 10.2. The molecule has 0 saturated heterocycles. The number of aromatic nitrogens is 1. The Kier molecular flexibility index (Phi) is 2.54. The van der Waals surface area contributed by atoms with Crippen molar-refractivity contribution in [3.8, 4) is 0 Å². The highest BCUT2D eigenvalue weighted by Gasteiger charge is 2.07. The van der Waals surface area contributed by atoms with Crippen LogP contribution in [0, 0.1) is 4.91 Å². The van der Waals surface area contributed by atoms with E-state index in [0.717, 1.165) is 0 Å². The maximum absolute atomic E-state index is 10.2. The molecule has 0 spiro atoms. The topological polar surface area (TPSA) is 62.6 Å². The minimum Gasteiger partial charge on any atom is -0.508 e. The van der Waals surface area contributed by atoms with Crippen molar-refractivity contribution in [2.24, 2.45) is 5.18 Å². The second-order valence-electron chi connectivity index (χ2n) is 2.41. The Balaban J connectivity index is 3.27. The number of nitrogens with zero attached hydrogens (tertiary/aromatic N) is 2. The van der Waals surface area contributed by atoms with E-state index in [1.165, 1.54) is 18.5 Å². The lowest BCUT2D eigenvalue weighted by Gasteiger charge is -2.03. The van der Waals surface area contributed by atoms with Crippen molar-refractivity contribution in [1.29, 1.82) is 0 Å². The summed E-state index contributed by atoms with van der Waals surface area (Å²) in [6.07, 6.45) is 2.89. The van der Waals surface area contributed by atoms with E-state index in [1.54, 1.807) is 0 Å². The van der Waals surface area contributed by atoms with Crippen LogP contribution in [0.15, 0.2) is 36.8 Å². The summed E-state index contributed by atoms with van der Waals surface area (Å²) in [5.74, 6) is -0.137. The first kappa shape index (κ1) is 9.12. The van der Waals surface area contributed by atoms with Gasteiger partial charge >= 0.3 is 0 Å². The number of aliphatic hydroxyl groups is 1. The molecule has 0 aliphatic heterocycles. The van der Waals surface area contributed by atoms with Crippen LogP contribution in [0.3, 0.4) is 0 Å². The third-order valence-electron chi connectivity index (χ3n) is 1.55. The summed E-state index contributed by atoms with van der Waals surface area (Å²) in [7, 11) is 0. The molecular formula is C9H8N2O2. The Morgan fingerprint density at radius 3 is 2.69 bits per heavy atom. The largest absolute Gasteiger partial charge is 0.508 e.